The minimum atomic E-state index is 0.185. The summed E-state index contributed by atoms with van der Waals surface area (Å²) in [5.41, 5.74) is 0.491. The van der Waals surface area contributed by atoms with Gasteiger partial charge in [-0.05, 0) is 31.1 Å². The lowest BCUT2D eigenvalue weighted by Gasteiger charge is -2.33. The summed E-state index contributed by atoms with van der Waals surface area (Å²) in [6.45, 7) is 4.64. The van der Waals surface area contributed by atoms with Crippen molar-refractivity contribution in [1.29, 1.82) is 0 Å². The van der Waals surface area contributed by atoms with E-state index in [4.69, 9.17) is 5.11 Å². The van der Waals surface area contributed by atoms with Gasteiger partial charge >= 0.3 is 0 Å². The zero-order chi connectivity index (χ0) is 10.2. The molecular formula is C11H18N2O. The molecule has 1 aliphatic rings. The molecule has 0 aliphatic heterocycles. The Bertz CT molecular complexity index is 307. The normalized spacial score (nSPS) is 22.4. The van der Waals surface area contributed by atoms with Crippen LogP contribution in [-0.4, -0.2) is 15.1 Å². The highest BCUT2D eigenvalue weighted by atomic mass is 16.3. The largest absolute Gasteiger partial charge is 0.493 e. The summed E-state index contributed by atoms with van der Waals surface area (Å²) >= 11 is 0. The lowest BCUT2D eigenvalue weighted by atomic mass is 9.73. The smallest absolute Gasteiger partial charge is 0.208 e. The van der Waals surface area contributed by atoms with Gasteiger partial charge in [-0.1, -0.05) is 13.8 Å². The Morgan fingerprint density at radius 1 is 1.43 bits per heavy atom. The first kappa shape index (κ1) is 9.56. The molecule has 3 heteroatoms. The van der Waals surface area contributed by atoms with Gasteiger partial charge in [-0.2, -0.15) is 0 Å². The molecule has 2 rings (SSSR count). The van der Waals surface area contributed by atoms with E-state index < -0.39 is 0 Å². The molecule has 1 aliphatic carbocycles. The zero-order valence-corrected chi connectivity index (χ0v) is 8.88. The second-order valence-corrected chi connectivity index (χ2v) is 5.09. The molecule has 0 spiro atoms. The van der Waals surface area contributed by atoms with Crippen LogP contribution in [0.1, 0.15) is 51.3 Å². The average Bonchev–Trinajstić information content (AvgIpc) is 2.52. The van der Waals surface area contributed by atoms with Crippen LogP contribution in [0.25, 0.3) is 0 Å². The van der Waals surface area contributed by atoms with Crippen LogP contribution in [0, 0.1) is 5.41 Å². The topological polar surface area (TPSA) is 48.9 Å². The molecule has 3 nitrogen and oxygen atoms in total. The molecule has 1 heterocycles. The van der Waals surface area contributed by atoms with Crippen LogP contribution in [-0.2, 0) is 0 Å². The average molecular weight is 194 g/mol. The van der Waals surface area contributed by atoms with Gasteiger partial charge in [0.25, 0.3) is 0 Å². The highest BCUT2D eigenvalue weighted by Crippen LogP contribution is 2.41. The molecule has 0 bridgehead atoms. The number of aromatic amines is 1. The Balaban J connectivity index is 2.02. The highest BCUT2D eigenvalue weighted by molar-refractivity contribution is 5.09. The predicted octanol–water partition coefficient (Wildman–Crippen LogP) is 2.80. The number of imidazole rings is 1. The Kier molecular flexibility index (Phi) is 2.25. The van der Waals surface area contributed by atoms with Crippen molar-refractivity contribution in [1.82, 2.24) is 9.97 Å². The van der Waals surface area contributed by atoms with E-state index in [1.54, 1.807) is 0 Å². The molecule has 1 aromatic heterocycles. The summed E-state index contributed by atoms with van der Waals surface area (Å²) in [6.07, 6.45) is 6.35. The van der Waals surface area contributed by atoms with Gasteiger partial charge in [0.1, 0.15) is 5.82 Å². The molecule has 2 N–H and O–H groups in total. The second-order valence-electron chi connectivity index (χ2n) is 5.09. The quantitative estimate of drug-likeness (QED) is 0.722. The van der Waals surface area contributed by atoms with Gasteiger partial charge in [0, 0.05) is 5.92 Å². The number of aromatic hydroxyl groups is 1. The Morgan fingerprint density at radius 2 is 2.07 bits per heavy atom. The first-order valence-electron chi connectivity index (χ1n) is 5.31. The number of H-pyrrole nitrogens is 1. The molecule has 1 aromatic rings. The molecule has 0 saturated heterocycles. The molecule has 1 saturated carbocycles. The van der Waals surface area contributed by atoms with Crippen molar-refractivity contribution >= 4 is 0 Å². The van der Waals surface area contributed by atoms with E-state index in [0.29, 0.717) is 11.3 Å². The van der Waals surface area contributed by atoms with Gasteiger partial charge < -0.3 is 10.1 Å². The van der Waals surface area contributed by atoms with Gasteiger partial charge in [-0.25, -0.2) is 4.98 Å². The molecule has 0 atom stereocenters. The molecular weight excluding hydrogens is 176 g/mol. The number of nitrogens with zero attached hydrogens (tertiary/aromatic N) is 1. The van der Waals surface area contributed by atoms with Crippen molar-refractivity contribution in [3.05, 3.63) is 12.0 Å². The third-order valence-corrected chi connectivity index (χ3v) is 3.31. The van der Waals surface area contributed by atoms with Crippen LogP contribution >= 0.6 is 0 Å². The van der Waals surface area contributed by atoms with Crippen LogP contribution in [0.4, 0.5) is 0 Å². The van der Waals surface area contributed by atoms with Gasteiger partial charge in [0.05, 0.1) is 6.20 Å². The minimum absolute atomic E-state index is 0.185. The SMILES string of the molecule is CC1(C)CCC(c2ncc(O)[nH]2)CC1. The monoisotopic (exact) mass is 194 g/mol. The summed E-state index contributed by atoms with van der Waals surface area (Å²) in [7, 11) is 0. The fourth-order valence-corrected chi connectivity index (χ4v) is 2.21. The summed E-state index contributed by atoms with van der Waals surface area (Å²) in [6, 6.07) is 0. The molecule has 1 fully saturated rings. The van der Waals surface area contributed by atoms with Crippen molar-refractivity contribution in [2.75, 3.05) is 0 Å². The fourth-order valence-electron chi connectivity index (χ4n) is 2.21. The van der Waals surface area contributed by atoms with E-state index >= 15 is 0 Å². The van der Waals surface area contributed by atoms with E-state index in [9.17, 15) is 0 Å². The van der Waals surface area contributed by atoms with Crippen LogP contribution in [0.15, 0.2) is 6.20 Å². The maximum absolute atomic E-state index is 9.17. The number of hydrogen-bond donors (Lipinski definition) is 2. The maximum atomic E-state index is 9.17. The fraction of sp³-hybridized carbons (Fsp3) is 0.727. The third kappa shape index (κ3) is 1.91. The van der Waals surface area contributed by atoms with Crippen LogP contribution in [0.5, 0.6) is 5.88 Å². The van der Waals surface area contributed by atoms with Crippen molar-refractivity contribution in [3.63, 3.8) is 0 Å². The van der Waals surface area contributed by atoms with Crippen LogP contribution in [0.2, 0.25) is 0 Å². The predicted molar refractivity (Wildman–Crippen MR) is 55.2 cm³/mol. The molecule has 0 aromatic carbocycles. The van der Waals surface area contributed by atoms with Gasteiger partial charge in [0.15, 0.2) is 0 Å². The van der Waals surface area contributed by atoms with Gasteiger partial charge in [-0.15, -0.1) is 0 Å². The molecule has 78 valence electrons. The standard InChI is InChI=1S/C11H18N2O/c1-11(2)5-3-8(4-6-11)10-12-7-9(14)13-10/h7-8,14H,3-6H2,1-2H3,(H,12,13). The van der Waals surface area contributed by atoms with Crippen molar-refractivity contribution in [2.45, 2.75) is 45.4 Å². The third-order valence-electron chi connectivity index (χ3n) is 3.31. The maximum Gasteiger partial charge on any atom is 0.208 e. The van der Waals surface area contributed by atoms with E-state index in [2.05, 4.69) is 23.8 Å². The van der Waals surface area contributed by atoms with Gasteiger partial charge in [0.2, 0.25) is 5.88 Å². The number of nitrogens with one attached hydrogen (secondary N) is 1. The van der Waals surface area contributed by atoms with Crippen LogP contribution < -0.4 is 0 Å². The number of rotatable bonds is 1. The molecule has 14 heavy (non-hydrogen) atoms. The van der Waals surface area contributed by atoms with E-state index in [-0.39, 0.29) is 5.88 Å². The van der Waals surface area contributed by atoms with Crippen LogP contribution in [0.3, 0.4) is 0 Å². The first-order valence-corrected chi connectivity index (χ1v) is 5.31. The molecule has 0 radical (unpaired) electrons. The highest BCUT2D eigenvalue weighted by Gasteiger charge is 2.28. The Morgan fingerprint density at radius 3 is 2.57 bits per heavy atom. The summed E-state index contributed by atoms with van der Waals surface area (Å²) < 4.78 is 0. The first-order chi connectivity index (χ1) is 6.57. The number of aromatic nitrogens is 2. The van der Waals surface area contributed by atoms with Crippen molar-refractivity contribution in [2.24, 2.45) is 5.41 Å². The summed E-state index contributed by atoms with van der Waals surface area (Å²) in [4.78, 5) is 7.10. The van der Waals surface area contributed by atoms with Crippen molar-refractivity contribution in [3.8, 4) is 5.88 Å². The summed E-state index contributed by atoms with van der Waals surface area (Å²) in [5, 5.41) is 9.17. The van der Waals surface area contributed by atoms with E-state index in [1.807, 2.05) is 0 Å². The lowest BCUT2D eigenvalue weighted by Crippen LogP contribution is -2.20. The number of hydrogen-bond acceptors (Lipinski definition) is 2. The molecule has 0 unspecified atom stereocenters. The van der Waals surface area contributed by atoms with Gasteiger partial charge in [-0.3, -0.25) is 0 Å². The Labute approximate surface area is 84.6 Å². The summed E-state index contributed by atoms with van der Waals surface area (Å²) in [5.74, 6) is 1.66. The Hall–Kier alpha value is -0.990. The van der Waals surface area contributed by atoms with E-state index in [1.165, 1.54) is 31.9 Å². The van der Waals surface area contributed by atoms with E-state index in [0.717, 1.165) is 5.82 Å². The second kappa shape index (κ2) is 3.30. The molecule has 0 amide bonds. The van der Waals surface area contributed by atoms with Crippen molar-refractivity contribution < 1.29 is 5.11 Å². The lowest BCUT2D eigenvalue weighted by molar-refractivity contribution is 0.221. The minimum Gasteiger partial charge on any atom is -0.493 e. The zero-order valence-electron chi connectivity index (χ0n) is 8.88.